The van der Waals surface area contributed by atoms with Crippen molar-refractivity contribution in [1.82, 2.24) is 9.97 Å². The van der Waals surface area contributed by atoms with Crippen LogP contribution in [-0.4, -0.2) is 9.97 Å². The first-order chi connectivity index (χ1) is 7.79. The Bertz CT molecular complexity index is 527. The number of nitriles is 1. The smallest absolute Gasteiger partial charge is 0.145 e. The van der Waals surface area contributed by atoms with E-state index in [9.17, 15) is 0 Å². The molecule has 0 radical (unpaired) electrons. The van der Waals surface area contributed by atoms with Crippen LogP contribution in [0.2, 0.25) is 0 Å². The molecule has 0 saturated carbocycles. The van der Waals surface area contributed by atoms with Crippen LogP contribution in [-0.2, 0) is 6.54 Å². The number of nitrogens with zero attached hydrogens (tertiary/aromatic N) is 3. The van der Waals surface area contributed by atoms with Crippen molar-refractivity contribution in [1.29, 1.82) is 5.26 Å². The number of rotatable bonds is 3. The number of hydrogen-bond donors (Lipinski definition) is 1. The van der Waals surface area contributed by atoms with E-state index in [1.165, 1.54) is 16.8 Å². The highest BCUT2D eigenvalue weighted by Gasteiger charge is 2.01. The number of thiophene rings is 1. The molecule has 0 bridgehead atoms. The lowest BCUT2D eigenvalue weighted by Crippen LogP contribution is -2.01. The van der Waals surface area contributed by atoms with Crippen molar-refractivity contribution in [2.24, 2.45) is 0 Å². The van der Waals surface area contributed by atoms with Gasteiger partial charge in [-0.3, -0.25) is 0 Å². The average molecular weight is 230 g/mol. The maximum absolute atomic E-state index is 8.69. The fourth-order valence-corrected chi connectivity index (χ4v) is 2.12. The SMILES string of the molecule is Cc1ccsc1CNc1cc(C#N)ncn1. The van der Waals surface area contributed by atoms with Gasteiger partial charge in [0, 0.05) is 10.9 Å². The Labute approximate surface area is 97.6 Å². The molecule has 0 amide bonds. The molecule has 0 atom stereocenters. The molecule has 1 N–H and O–H groups in total. The summed E-state index contributed by atoms with van der Waals surface area (Å²) >= 11 is 1.71. The van der Waals surface area contributed by atoms with Crippen molar-refractivity contribution >= 4 is 17.2 Å². The van der Waals surface area contributed by atoms with Crippen LogP contribution in [0.4, 0.5) is 5.82 Å². The highest BCUT2D eigenvalue weighted by atomic mass is 32.1. The second-order valence-electron chi connectivity index (χ2n) is 3.28. The van der Waals surface area contributed by atoms with Gasteiger partial charge in [-0.1, -0.05) is 0 Å². The van der Waals surface area contributed by atoms with Crippen LogP contribution in [0.25, 0.3) is 0 Å². The lowest BCUT2D eigenvalue weighted by Gasteiger charge is -2.04. The molecule has 2 rings (SSSR count). The number of aromatic nitrogens is 2. The first-order valence-corrected chi connectivity index (χ1v) is 5.66. The molecule has 80 valence electrons. The average Bonchev–Trinajstić information content (AvgIpc) is 2.72. The number of anilines is 1. The van der Waals surface area contributed by atoms with E-state index in [-0.39, 0.29) is 0 Å². The van der Waals surface area contributed by atoms with Crippen LogP contribution in [0.5, 0.6) is 0 Å². The number of nitrogens with one attached hydrogen (secondary N) is 1. The minimum atomic E-state index is 0.375. The Morgan fingerprint density at radius 3 is 3.06 bits per heavy atom. The molecule has 0 aliphatic heterocycles. The van der Waals surface area contributed by atoms with E-state index >= 15 is 0 Å². The van der Waals surface area contributed by atoms with E-state index in [1.807, 2.05) is 6.07 Å². The predicted molar refractivity (Wildman–Crippen MR) is 63.1 cm³/mol. The largest absolute Gasteiger partial charge is 0.365 e. The molecule has 0 saturated heterocycles. The van der Waals surface area contributed by atoms with Gasteiger partial charge in [0.2, 0.25) is 0 Å². The molecule has 0 spiro atoms. The molecule has 0 aromatic carbocycles. The highest BCUT2D eigenvalue weighted by molar-refractivity contribution is 7.10. The lowest BCUT2D eigenvalue weighted by molar-refractivity contribution is 1.08. The van der Waals surface area contributed by atoms with Crippen LogP contribution < -0.4 is 5.32 Å². The van der Waals surface area contributed by atoms with Gasteiger partial charge in [-0.05, 0) is 23.9 Å². The zero-order chi connectivity index (χ0) is 11.4. The monoisotopic (exact) mass is 230 g/mol. The first kappa shape index (κ1) is 10.6. The molecule has 0 aliphatic rings. The fraction of sp³-hybridized carbons (Fsp3) is 0.182. The molecule has 16 heavy (non-hydrogen) atoms. The Hall–Kier alpha value is -1.93. The van der Waals surface area contributed by atoms with Gasteiger partial charge in [0.1, 0.15) is 23.9 Å². The maximum atomic E-state index is 8.69. The van der Waals surface area contributed by atoms with Gasteiger partial charge >= 0.3 is 0 Å². The highest BCUT2D eigenvalue weighted by Crippen LogP contribution is 2.16. The van der Waals surface area contributed by atoms with Crippen molar-refractivity contribution in [2.75, 3.05) is 5.32 Å². The molecule has 0 unspecified atom stereocenters. The van der Waals surface area contributed by atoms with E-state index in [2.05, 4.69) is 33.7 Å². The second-order valence-corrected chi connectivity index (χ2v) is 4.28. The molecule has 0 aliphatic carbocycles. The molecular weight excluding hydrogens is 220 g/mol. The third-order valence-corrected chi connectivity index (χ3v) is 3.20. The molecule has 0 fully saturated rings. The quantitative estimate of drug-likeness (QED) is 0.879. The summed E-state index contributed by atoms with van der Waals surface area (Å²) < 4.78 is 0. The summed E-state index contributed by atoms with van der Waals surface area (Å²) in [6.45, 7) is 2.81. The van der Waals surface area contributed by atoms with Gasteiger partial charge in [0.25, 0.3) is 0 Å². The Morgan fingerprint density at radius 2 is 2.38 bits per heavy atom. The van der Waals surface area contributed by atoms with Gasteiger partial charge in [-0.15, -0.1) is 11.3 Å². The molecule has 2 aromatic heterocycles. The molecule has 4 nitrogen and oxygen atoms in total. The second kappa shape index (κ2) is 4.73. The van der Waals surface area contributed by atoms with E-state index in [0.29, 0.717) is 11.5 Å². The first-order valence-electron chi connectivity index (χ1n) is 4.78. The summed E-state index contributed by atoms with van der Waals surface area (Å²) in [5, 5.41) is 13.9. The van der Waals surface area contributed by atoms with E-state index < -0.39 is 0 Å². The fourth-order valence-electron chi connectivity index (χ4n) is 1.27. The van der Waals surface area contributed by atoms with Gasteiger partial charge in [0.15, 0.2) is 0 Å². The van der Waals surface area contributed by atoms with Crippen LogP contribution in [0.15, 0.2) is 23.8 Å². The van der Waals surface area contributed by atoms with Crippen molar-refractivity contribution in [3.05, 3.63) is 40.0 Å². The van der Waals surface area contributed by atoms with E-state index in [0.717, 1.165) is 6.54 Å². The molecule has 2 aromatic rings. The van der Waals surface area contributed by atoms with Crippen LogP contribution >= 0.6 is 11.3 Å². The van der Waals surface area contributed by atoms with Crippen LogP contribution in [0.3, 0.4) is 0 Å². The zero-order valence-electron chi connectivity index (χ0n) is 8.77. The standard InChI is InChI=1S/C11H10N4S/c1-8-2-3-16-10(8)6-13-11-4-9(5-12)14-7-15-11/h2-4,7H,6H2,1H3,(H,13,14,15). The minimum Gasteiger partial charge on any atom is -0.365 e. The maximum Gasteiger partial charge on any atom is 0.145 e. The normalized spacial score (nSPS) is 9.75. The number of aryl methyl sites for hydroxylation is 1. The summed E-state index contributed by atoms with van der Waals surface area (Å²) in [6, 6.07) is 5.71. The Morgan fingerprint density at radius 1 is 1.50 bits per heavy atom. The summed E-state index contributed by atoms with van der Waals surface area (Å²) in [6.07, 6.45) is 1.39. The van der Waals surface area contributed by atoms with Crippen LogP contribution in [0.1, 0.15) is 16.1 Å². The topological polar surface area (TPSA) is 61.6 Å². The summed E-state index contributed by atoms with van der Waals surface area (Å²) in [4.78, 5) is 9.13. The minimum absolute atomic E-state index is 0.375. The van der Waals surface area contributed by atoms with Gasteiger partial charge < -0.3 is 5.32 Å². The molecular formula is C11H10N4S. The lowest BCUT2D eigenvalue weighted by atomic mass is 10.3. The zero-order valence-corrected chi connectivity index (χ0v) is 9.58. The Kier molecular flexibility index (Phi) is 3.13. The van der Waals surface area contributed by atoms with E-state index in [4.69, 9.17) is 5.26 Å². The van der Waals surface area contributed by atoms with Gasteiger partial charge in [0.05, 0.1) is 6.54 Å². The van der Waals surface area contributed by atoms with Gasteiger partial charge in [-0.2, -0.15) is 5.26 Å². The Balaban J connectivity index is 2.05. The third kappa shape index (κ3) is 2.35. The number of hydrogen-bond acceptors (Lipinski definition) is 5. The van der Waals surface area contributed by atoms with Gasteiger partial charge in [-0.25, -0.2) is 9.97 Å². The summed E-state index contributed by atoms with van der Waals surface area (Å²) in [5.74, 6) is 0.680. The van der Waals surface area contributed by atoms with Crippen molar-refractivity contribution in [2.45, 2.75) is 13.5 Å². The third-order valence-electron chi connectivity index (χ3n) is 2.18. The van der Waals surface area contributed by atoms with Crippen molar-refractivity contribution in [3.8, 4) is 6.07 Å². The molecule has 5 heteroatoms. The van der Waals surface area contributed by atoms with E-state index in [1.54, 1.807) is 17.4 Å². The summed E-state index contributed by atoms with van der Waals surface area (Å²) in [7, 11) is 0. The summed E-state index contributed by atoms with van der Waals surface area (Å²) in [5.41, 5.74) is 1.65. The molecule has 2 heterocycles. The predicted octanol–water partition coefficient (Wildman–Crippen LogP) is 2.33. The van der Waals surface area contributed by atoms with Crippen LogP contribution in [0, 0.1) is 18.3 Å². The van der Waals surface area contributed by atoms with Crippen molar-refractivity contribution in [3.63, 3.8) is 0 Å². The van der Waals surface area contributed by atoms with Crippen molar-refractivity contribution < 1.29 is 0 Å².